The van der Waals surface area contributed by atoms with Gasteiger partial charge in [-0.3, -0.25) is 9.78 Å². The van der Waals surface area contributed by atoms with E-state index in [9.17, 15) is 9.18 Å². The maximum Gasteiger partial charge on any atom is 0.231 e. The van der Waals surface area contributed by atoms with Crippen molar-refractivity contribution in [2.75, 3.05) is 11.1 Å². The van der Waals surface area contributed by atoms with Gasteiger partial charge < -0.3 is 11.1 Å². The first kappa shape index (κ1) is 12.5. The molecule has 7 heteroatoms. The zero-order chi connectivity index (χ0) is 14.1. The van der Waals surface area contributed by atoms with E-state index in [4.69, 9.17) is 5.73 Å². The van der Waals surface area contributed by atoms with Crippen molar-refractivity contribution < 1.29 is 9.18 Å². The molecule has 0 saturated heterocycles. The number of aromatic nitrogens is 3. The number of nitrogens with one attached hydrogen (secondary N) is 1. The molecule has 2 aromatic rings. The zero-order valence-corrected chi connectivity index (χ0v) is 10.5. The molecule has 3 N–H and O–H groups in total. The van der Waals surface area contributed by atoms with Crippen LogP contribution in [0.15, 0.2) is 30.9 Å². The number of nitrogen functional groups attached to an aromatic ring is 1. The second-order valence-electron chi connectivity index (χ2n) is 4.60. The lowest BCUT2D eigenvalue weighted by molar-refractivity contribution is -0.117. The number of halogens is 1. The summed E-state index contributed by atoms with van der Waals surface area (Å²) in [6.07, 6.45) is 3.72. The molecule has 1 aliphatic carbocycles. The van der Waals surface area contributed by atoms with Gasteiger partial charge in [-0.1, -0.05) is 0 Å². The topological polar surface area (TPSA) is 93.8 Å². The van der Waals surface area contributed by atoms with Crippen LogP contribution in [-0.2, 0) is 4.79 Å². The monoisotopic (exact) mass is 273 g/mol. The van der Waals surface area contributed by atoms with Crippen LogP contribution >= 0.6 is 0 Å². The molecule has 2 atom stereocenters. The van der Waals surface area contributed by atoms with Gasteiger partial charge in [0.2, 0.25) is 5.91 Å². The number of alkyl halides is 1. The Hall–Kier alpha value is -2.57. The molecule has 20 heavy (non-hydrogen) atoms. The first-order valence-electron chi connectivity index (χ1n) is 6.12. The van der Waals surface area contributed by atoms with Crippen LogP contribution in [0.2, 0.25) is 0 Å². The lowest BCUT2D eigenvalue weighted by Gasteiger charge is -2.06. The summed E-state index contributed by atoms with van der Waals surface area (Å²) in [6, 6.07) is 3.24. The third-order valence-corrected chi connectivity index (χ3v) is 3.10. The number of hydrogen-bond acceptors (Lipinski definition) is 5. The van der Waals surface area contributed by atoms with Crippen LogP contribution in [0, 0.1) is 5.92 Å². The predicted octanol–water partition coefficient (Wildman–Crippen LogP) is 1.42. The molecule has 0 unspecified atom stereocenters. The summed E-state index contributed by atoms with van der Waals surface area (Å²) < 4.78 is 12.8. The van der Waals surface area contributed by atoms with Crippen molar-refractivity contribution in [2.45, 2.75) is 12.6 Å². The van der Waals surface area contributed by atoms with Gasteiger partial charge >= 0.3 is 0 Å². The minimum absolute atomic E-state index is 0.277. The molecular weight excluding hydrogens is 261 g/mol. The Morgan fingerprint density at radius 3 is 2.95 bits per heavy atom. The fourth-order valence-electron chi connectivity index (χ4n) is 1.85. The highest BCUT2D eigenvalue weighted by Gasteiger charge is 2.43. The second kappa shape index (κ2) is 4.84. The molecule has 1 fully saturated rings. The fraction of sp³-hybridized carbons (Fsp3) is 0.231. The van der Waals surface area contributed by atoms with Crippen molar-refractivity contribution in [3.8, 4) is 11.3 Å². The molecule has 3 rings (SSSR count). The summed E-state index contributed by atoms with van der Waals surface area (Å²) in [4.78, 5) is 23.7. The van der Waals surface area contributed by atoms with Gasteiger partial charge in [-0.2, -0.15) is 0 Å². The van der Waals surface area contributed by atoms with Gasteiger partial charge in [0.15, 0.2) is 0 Å². The molecule has 0 aromatic carbocycles. The number of anilines is 2. The number of rotatable bonds is 3. The maximum absolute atomic E-state index is 12.8. The Bertz CT molecular complexity index is 663. The van der Waals surface area contributed by atoms with E-state index in [-0.39, 0.29) is 12.3 Å². The quantitative estimate of drug-likeness (QED) is 0.882. The standard InChI is InChI=1S/C13H12FN5O/c14-9-3-7(9)13(20)19-12-4-11(17-6-18-12)8-5-16-2-1-10(8)15/h1-2,4-7,9H,3H2,(H2,15,16)(H,17,18,19,20)/t7-,9+/m0/s1. The average molecular weight is 273 g/mol. The van der Waals surface area contributed by atoms with Crippen molar-refractivity contribution in [1.29, 1.82) is 0 Å². The van der Waals surface area contributed by atoms with Crippen LogP contribution in [0.5, 0.6) is 0 Å². The molecule has 2 heterocycles. The summed E-state index contributed by atoms with van der Waals surface area (Å²) in [7, 11) is 0. The minimum Gasteiger partial charge on any atom is -0.398 e. The molecule has 0 spiro atoms. The Labute approximate surface area is 114 Å². The van der Waals surface area contributed by atoms with E-state index >= 15 is 0 Å². The van der Waals surface area contributed by atoms with Crippen LogP contribution in [0.4, 0.5) is 15.9 Å². The van der Waals surface area contributed by atoms with Gasteiger partial charge in [0.25, 0.3) is 0 Å². The van der Waals surface area contributed by atoms with Gasteiger partial charge in [0.05, 0.1) is 11.6 Å². The van der Waals surface area contributed by atoms with Crippen molar-refractivity contribution in [3.05, 3.63) is 30.9 Å². The molecule has 1 amide bonds. The van der Waals surface area contributed by atoms with Crippen LogP contribution in [0.3, 0.4) is 0 Å². The molecule has 102 valence electrons. The predicted molar refractivity (Wildman–Crippen MR) is 71.3 cm³/mol. The van der Waals surface area contributed by atoms with Crippen molar-refractivity contribution in [2.24, 2.45) is 5.92 Å². The smallest absolute Gasteiger partial charge is 0.231 e. The zero-order valence-electron chi connectivity index (χ0n) is 10.5. The number of carbonyl (C=O) groups is 1. The van der Waals surface area contributed by atoms with Gasteiger partial charge in [0.1, 0.15) is 18.3 Å². The van der Waals surface area contributed by atoms with E-state index in [2.05, 4.69) is 20.3 Å². The number of pyridine rings is 1. The Morgan fingerprint density at radius 2 is 2.25 bits per heavy atom. The molecule has 0 bridgehead atoms. The van der Waals surface area contributed by atoms with Crippen LogP contribution in [0.1, 0.15) is 6.42 Å². The Kier molecular flexibility index (Phi) is 3.02. The van der Waals surface area contributed by atoms with Crippen LogP contribution in [0.25, 0.3) is 11.3 Å². The summed E-state index contributed by atoms with van der Waals surface area (Å²) >= 11 is 0. The van der Waals surface area contributed by atoms with Crippen molar-refractivity contribution >= 4 is 17.4 Å². The summed E-state index contributed by atoms with van der Waals surface area (Å²) in [5, 5.41) is 2.57. The lowest BCUT2D eigenvalue weighted by atomic mass is 10.1. The third-order valence-electron chi connectivity index (χ3n) is 3.10. The van der Waals surface area contributed by atoms with Crippen LogP contribution in [-0.4, -0.2) is 27.0 Å². The summed E-state index contributed by atoms with van der Waals surface area (Å²) in [5.74, 6) is -0.597. The molecular formula is C13H12FN5O. The average Bonchev–Trinajstić information content (AvgIpc) is 3.17. The summed E-state index contributed by atoms with van der Waals surface area (Å²) in [6.45, 7) is 0. The summed E-state index contributed by atoms with van der Waals surface area (Å²) in [5.41, 5.74) is 7.58. The van der Waals surface area contributed by atoms with Crippen molar-refractivity contribution in [3.63, 3.8) is 0 Å². The molecule has 0 aliphatic heterocycles. The van der Waals surface area contributed by atoms with Gasteiger partial charge in [-0.25, -0.2) is 14.4 Å². The number of nitrogens with zero attached hydrogens (tertiary/aromatic N) is 3. The van der Waals surface area contributed by atoms with Gasteiger partial charge in [-0.05, 0) is 12.5 Å². The van der Waals surface area contributed by atoms with Gasteiger partial charge in [0, 0.05) is 29.7 Å². The van der Waals surface area contributed by atoms with E-state index < -0.39 is 12.1 Å². The fourth-order valence-corrected chi connectivity index (χ4v) is 1.85. The van der Waals surface area contributed by atoms with Crippen molar-refractivity contribution in [1.82, 2.24) is 15.0 Å². The Morgan fingerprint density at radius 1 is 1.45 bits per heavy atom. The highest BCUT2D eigenvalue weighted by atomic mass is 19.1. The van der Waals surface area contributed by atoms with E-state index in [1.807, 2.05) is 0 Å². The molecule has 0 radical (unpaired) electrons. The lowest BCUT2D eigenvalue weighted by Crippen LogP contribution is -2.16. The van der Waals surface area contributed by atoms with Crippen LogP contribution < -0.4 is 11.1 Å². The van der Waals surface area contributed by atoms with E-state index in [1.54, 1.807) is 24.5 Å². The molecule has 2 aromatic heterocycles. The molecule has 6 nitrogen and oxygen atoms in total. The highest BCUT2D eigenvalue weighted by molar-refractivity contribution is 5.94. The molecule has 1 saturated carbocycles. The van der Waals surface area contributed by atoms with Gasteiger partial charge in [-0.15, -0.1) is 0 Å². The Balaban J connectivity index is 1.83. The SMILES string of the molecule is Nc1ccncc1-c1cc(NC(=O)[C@H]2C[C@H]2F)ncn1. The first-order valence-corrected chi connectivity index (χ1v) is 6.12. The normalized spacial score (nSPS) is 20.4. The van der Waals surface area contributed by atoms with E-state index in [1.165, 1.54) is 6.33 Å². The number of hydrogen-bond donors (Lipinski definition) is 2. The van der Waals surface area contributed by atoms with E-state index in [0.717, 1.165) is 0 Å². The third kappa shape index (κ3) is 2.42. The second-order valence-corrected chi connectivity index (χ2v) is 4.60. The first-order chi connectivity index (χ1) is 9.65. The minimum atomic E-state index is -1.04. The number of nitrogens with two attached hydrogens (primary N) is 1. The largest absolute Gasteiger partial charge is 0.398 e. The molecule has 1 aliphatic rings. The number of carbonyl (C=O) groups excluding carboxylic acids is 1. The highest BCUT2D eigenvalue weighted by Crippen LogP contribution is 2.34. The number of amides is 1. The maximum atomic E-state index is 12.8. The van der Waals surface area contributed by atoms with E-state index in [0.29, 0.717) is 22.8 Å².